The van der Waals surface area contributed by atoms with Crippen LogP contribution in [-0.2, 0) is 4.57 Å². The zero-order valence-electron chi connectivity index (χ0n) is 9.25. The van der Waals surface area contributed by atoms with Crippen molar-refractivity contribution in [3.05, 3.63) is 22.0 Å². The molecule has 4 rings (SSSR count). The van der Waals surface area contributed by atoms with Gasteiger partial charge in [0.05, 0.1) is 5.56 Å². The molecule has 2 atom stereocenters. The van der Waals surface area contributed by atoms with Crippen LogP contribution >= 0.6 is 19.4 Å². The van der Waals surface area contributed by atoms with Crippen molar-refractivity contribution in [2.45, 2.75) is 5.63 Å². The number of halogens is 2. The SMILES string of the molecule is O=c1oc2cc(O)c(C(F)Cl)c3c2c2c1OP(=O)(O3)O2. The highest BCUT2D eigenvalue weighted by Gasteiger charge is 2.50. The summed E-state index contributed by atoms with van der Waals surface area (Å²) >= 11 is 5.34. The first-order valence-electron chi connectivity index (χ1n) is 5.23. The summed E-state index contributed by atoms with van der Waals surface area (Å²) in [5.41, 5.74) is -3.63. The number of phenolic OH excluding ortho intramolecular Hbond substituents is 1. The quantitative estimate of drug-likeness (QED) is 0.490. The molecule has 2 bridgehead atoms. The average molecular weight is 321 g/mol. The number of hydrogen-bond donors (Lipinski definition) is 1. The molecular weight excluding hydrogens is 318 g/mol. The molecule has 1 aromatic carbocycles. The number of aromatic hydroxyl groups is 1. The molecule has 0 saturated heterocycles. The number of phenols is 1. The van der Waals surface area contributed by atoms with Gasteiger partial charge in [-0.05, 0) is 0 Å². The van der Waals surface area contributed by atoms with Crippen molar-refractivity contribution in [2.24, 2.45) is 0 Å². The number of fused-ring (bicyclic) bond motifs is 1. The van der Waals surface area contributed by atoms with E-state index in [2.05, 4.69) is 0 Å². The minimum atomic E-state index is -4.13. The first kappa shape index (κ1) is 11.9. The largest absolute Gasteiger partial charge is 0.647 e. The molecule has 10 heteroatoms. The summed E-state index contributed by atoms with van der Waals surface area (Å²) < 4.78 is 45.1. The summed E-state index contributed by atoms with van der Waals surface area (Å²) in [6.45, 7) is 0. The van der Waals surface area contributed by atoms with Gasteiger partial charge in [-0.25, -0.2) is 9.18 Å². The number of phosphoric acid groups is 1. The van der Waals surface area contributed by atoms with Gasteiger partial charge in [0.25, 0.3) is 5.75 Å². The third-order valence-electron chi connectivity index (χ3n) is 2.91. The highest BCUT2D eigenvalue weighted by molar-refractivity contribution is 7.50. The Labute approximate surface area is 114 Å². The van der Waals surface area contributed by atoms with E-state index in [0.717, 1.165) is 6.07 Å². The smallest absolute Gasteiger partial charge is 0.507 e. The van der Waals surface area contributed by atoms with E-state index in [-0.39, 0.29) is 22.5 Å². The molecular formula is C10H3ClFO7P. The first-order valence-corrected chi connectivity index (χ1v) is 7.13. The maximum Gasteiger partial charge on any atom is 0.647 e. The van der Waals surface area contributed by atoms with Crippen molar-refractivity contribution in [1.29, 1.82) is 0 Å². The zero-order chi connectivity index (χ0) is 14.2. The number of alkyl halides is 2. The fraction of sp³-hybridized carbons (Fsp3) is 0.100. The van der Waals surface area contributed by atoms with Gasteiger partial charge in [0.2, 0.25) is 5.63 Å². The molecule has 2 aliphatic heterocycles. The molecule has 0 radical (unpaired) electrons. The zero-order valence-corrected chi connectivity index (χ0v) is 10.9. The van der Waals surface area contributed by atoms with Gasteiger partial charge < -0.3 is 23.1 Å². The van der Waals surface area contributed by atoms with Gasteiger partial charge in [0.15, 0.2) is 11.5 Å². The lowest BCUT2D eigenvalue weighted by Gasteiger charge is -2.19. The first-order chi connectivity index (χ1) is 9.39. The third kappa shape index (κ3) is 1.30. The van der Waals surface area contributed by atoms with Crippen LogP contribution in [0.3, 0.4) is 0 Å². The molecule has 1 N–H and O–H groups in total. The fourth-order valence-corrected chi connectivity index (χ4v) is 3.66. The summed E-state index contributed by atoms with van der Waals surface area (Å²) in [7, 11) is -4.13. The molecule has 104 valence electrons. The molecule has 0 amide bonds. The van der Waals surface area contributed by atoms with Crippen molar-refractivity contribution < 1.29 is 32.1 Å². The molecule has 2 aromatic rings. The van der Waals surface area contributed by atoms with Gasteiger partial charge in [0.1, 0.15) is 16.7 Å². The van der Waals surface area contributed by atoms with Gasteiger partial charge in [0, 0.05) is 6.07 Å². The molecule has 3 heterocycles. The summed E-state index contributed by atoms with van der Waals surface area (Å²) in [4.78, 5) is 11.6. The third-order valence-corrected chi connectivity index (χ3v) is 4.35. The van der Waals surface area contributed by atoms with Gasteiger partial charge >= 0.3 is 13.4 Å². The van der Waals surface area contributed by atoms with Gasteiger partial charge in [-0.3, -0.25) is 0 Å². The Morgan fingerprint density at radius 1 is 1.25 bits per heavy atom. The predicted molar refractivity (Wildman–Crippen MR) is 63.3 cm³/mol. The molecule has 0 fully saturated rings. The molecule has 0 spiro atoms. The molecule has 0 saturated carbocycles. The number of rotatable bonds is 1. The minimum absolute atomic E-state index is 0.0275. The Morgan fingerprint density at radius 2 is 1.90 bits per heavy atom. The summed E-state index contributed by atoms with van der Waals surface area (Å²) in [6.07, 6.45) is 0. The number of phosphoric ester groups is 1. The number of hydrogen-bond acceptors (Lipinski definition) is 7. The van der Waals surface area contributed by atoms with Crippen LogP contribution in [0, 0.1) is 0 Å². The van der Waals surface area contributed by atoms with Crippen molar-refractivity contribution in [2.75, 3.05) is 0 Å². The van der Waals surface area contributed by atoms with Crippen LogP contribution in [0.5, 0.6) is 23.0 Å². The number of benzene rings is 1. The minimum Gasteiger partial charge on any atom is -0.507 e. The Kier molecular flexibility index (Phi) is 2.01. The van der Waals surface area contributed by atoms with E-state index in [1.54, 1.807) is 0 Å². The maximum absolute atomic E-state index is 13.4. The fourth-order valence-electron chi connectivity index (χ4n) is 2.15. The van der Waals surface area contributed by atoms with E-state index in [1.807, 2.05) is 0 Å². The summed E-state index contributed by atoms with van der Waals surface area (Å²) in [5, 5.41) is 9.77. The highest BCUT2D eigenvalue weighted by atomic mass is 35.5. The molecule has 2 unspecified atom stereocenters. The standard InChI is InChI=1S/C10H3ClFO7P/c11-9(12)4-2(13)1-3-5-6(4)17-20(15)18-7(5)8(19-20)10(14)16-3/h1,9,13H. The normalized spacial score (nSPS) is 23.3. The Morgan fingerprint density at radius 3 is 2.60 bits per heavy atom. The second kappa shape index (κ2) is 3.39. The van der Waals surface area contributed by atoms with Crippen molar-refractivity contribution >= 4 is 30.4 Å². The van der Waals surface area contributed by atoms with E-state index in [4.69, 9.17) is 29.6 Å². The maximum atomic E-state index is 13.4. The van der Waals surface area contributed by atoms with Crippen LogP contribution in [-0.4, -0.2) is 5.11 Å². The Balaban J connectivity index is 2.26. The van der Waals surface area contributed by atoms with Crippen molar-refractivity contribution in [1.82, 2.24) is 0 Å². The molecule has 20 heavy (non-hydrogen) atoms. The van der Waals surface area contributed by atoms with Crippen LogP contribution in [0.4, 0.5) is 4.39 Å². The Bertz CT molecular complexity index is 890. The molecule has 7 nitrogen and oxygen atoms in total. The van der Waals surface area contributed by atoms with E-state index in [9.17, 15) is 18.9 Å². The van der Waals surface area contributed by atoms with E-state index in [0.29, 0.717) is 0 Å². The van der Waals surface area contributed by atoms with E-state index >= 15 is 0 Å². The van der Waals surface area contributed by atoms with Crippen LogP contribution < -0.4 is 19.2 Å². The van der Waals surface area contributed by atoms with Crippen molar-refractivity contribution in [3.8, 4) is 23.0 Å². The van der Waals surface area contributed by atoms with Crippen LogP contribution in [0.15, 0.2) is 15.3 Å². The van der Waals surface area contributed by atoms with Crippen LogP contribution in [0.25, 0.3) is 11.0 Å². The van der Waals surface area contributed by atoms with Gasteiger partial charge in [-0.15, -0.1) is 0 Å². The summed E-state index contributed by atoms with van der Waals surface area (Å²) in [5.74, 6) is -1.51. The van der Waals surface area contributed by atoms with E-state index in [1.165, 1.54) is 0 Å². The van der Waals surface area contributed by atoms with Crippen LogP contribution in [0.1, 0.15) is 11.2 Å². The van der Waals surface area contributed by atoms with Crippen LogP contribution in [0.2, 0.25) is 0 Å². The average Bonchev–Trinajstić information content (AvgIpc) is 2.61. The monoisotopic (exact) mass is 320 g/mol. The summed E-state index contributed by atoms with van der Waals surface area (Å²) in [6, 6.07) is 0.992. The molecule has 2 aliphatic rings. The second-order valence-electron chi connectivity index (χ2n) is 4.08. The topological polar surface area (TPSA) is 95.2 Å². The Hall–Kier alpha value is -1.92. The lowest BCUT2D eigenvalue weighted by atomic mass is 10.1. The van der Waals surface area contributed by atoms with E-state index < -0.39 is 36.1 Å². The van der Waals surface area contributed by atoms with Gasteiger partial charge in [-0.2, -0.15) is 4.57 Å². The molecule has 1 aromatic heterocycles. The van der Waals surface area contributed by atoms with Gasteiger partial charge in [-0.1, -0.05) is 11.6 Å². The molecule has 0 aliphatic carbocycles. The highest BCUT2D eigenvalue weighted by Crippen LogP contribution is 2.66. The second-order valence-corrected chi connectivity index (χ2v) is 5.91. The lowest BCUT2D eigenvalue weighted by molar-refractivity contribution is 0.320. The predicted octanol–water partition coefficient (Wildman–Crippen LogP) is 2.98. The lowest BCUT2D eigenvalue weighted by Crippen LogP contribution is -2.06. The van der Waals surface area contributed by atoms with Crippen molar-refractivity contribution in [3.63, 3.8) is 0 Å².